The molecule has 1 aliphatic carbocycles. The van der Waals surface area contributed by atoms with E-state index in [9.17, 15) is 0 Å². The highest BCUT2D eigenvalue weighted by atomic mass is 15.2. The zero-order chi connectivity index (χ0) is 13.0. The zero-order valence-electron chi connectivity index (χ0n) is 11.0. The van der Waals surface area contributed by atoms with E-state index in [-0.39, 0.29) is 0 Å². The molecule has 5 nitrogen and oxygen atoms in total. The molecule has 0 unspecified atom stereocenters. The molecule has 0 atom stereocenters. The first kappa shape index (κ1) is 12.6. The van der Waals surface area contributed by atoms with Crippen LogP contribution in [0, 0.1) is 17.4 Å². The summed E-state index contributed by atoms with van der Waals surface area (Å²) < 4.78 is 0. The number of aromatic nitrogens is 2. The molecule has 1 heterocycles. The van der Waals surface area contributed by atoms with E-state index in [0.29, 0.717) is 5.82 Å². The highest BCUT2D eigenvalue weighted by molar-refractivity contribution is 5.51. The molecule has 0 spiro atoms. The largest absolute Gasteiger partial charge is 0.359 e. The molecule has 1 aliphatic rings. The van der Waals surface area contributed by atoms with Gasteiger partial charge in [0.1, 0.15) is 18.0 Å². The van der Waals surface area contributed by atoms with Crippen molar-refractivity contribution >= 4 is 11.6 Å². The van der Waals surface area contributed by atoms with Gasteiger partial charge in [0.05, 0.1) is 0 Å². The summed E-state index contributed by atoms with van der Waals surface area (Å²) in [5.74, 6) is 2.30. The van der Waals surface area contributed by atoms with Gasteiger partial charge in [-0.05, 0) is 18.8 Å². The number of nitriles is 1. The number of hydrogen-bond donors (Lipinski definition) is 0. The first-order valence-corrected chi connectivity index (χ1v) is 6.37. The van der Waals surface area contributed by atoms with E-state index < -0.39 is 0 Å². The molecular weight excluding hydrogens is 226 g/mol. The second-order valence-corrected chi connectivity index (χ2v) is 4.92. The zero-order valence-corrected chi connectivity index (χ0v) is 11.0. The normalized spacial score (nSPS) is 15.4. The molecule has 0 amide bonds. The molecule has 1 aromatic heterocycles. The fourth-order valence-electron chi connectivity index (χ4n) is 2.45. The molecule has 0 aromatic carbocycles. The van der Waals surface area contributed by atoms with Crippen LogP contribution >= 0.6 is 0 Å². The first-order valence-electron chi connectivity index (χ1n) is 6.37. The molecule has 96 valence electrons. The summed E-state index contributed by atoms with van der Waals surface area (Å²) in [4.78, 5) is 12.0. The average molecular weight is 245 g/mol. The van der Waals surface area contributed by atoms with Gasteiger partial charge in [0.25, 0.3) is 0 Å². The second-order valence-electron chi connectivity index (χ2n) is 4.92. The van der Waals surface area contributed by atoms with Crippen LogP contribution in [0.25, 0.3) is 0 Å². The number of hydrogen-bond acceptors (Lipinski definition) is 5. The summed E-state index contributed by atoms with van der Waals surface area (Å²) in [6, 6.07) is 1.86. The molecule has 0 aliphatic heterocycles. The third-order valence-electron chi connectivity index (χ3n) is 3.53. The molecule has 0 radical (unpaired) electrons. The van der Waals surface area contributed by atoms with Gasteiger partial charge in [-0.15, -0.1) is 0 Å². The van der Waals surface area contributed by atoms with Crippen molar-refractivity contribution in [2.24, 2.45) is 5.92 Å². The number of anilines is 2. The molecular formula is C13H19N5. The second kappa shape index (κ2) is 5.67. The molecule has 1 fully saturated rings. The Morgan fingerprint density at radius 2 is 1.94 bits per heavy atom. The summed E-state index contributed by atoms with van der Waals surface area (Å²) in [5.41, 5.74) is 0. The lowest BCUT2D eigenvalue weighted by Gasteiger charge is -2.22. The van der Waals surface area contributed by atoms with Gasteiger partial charge in [0.2, 0.25) is 0 Å². The Morgan fingerprint density at radius 3 is 2.61 bits per heavy atom. The van der Waals surface area contributed by atoms with E-state index in [1.54, 1.807) is 7.05 Å². The summed E-state index contributed by atoms with van der Waals surface area (Å²) in [6.45, 7) is 1.03. The molecule has 5 heteroatoms. The maximum atomic E-state index is 8.85. The van der Waals surface area contributed by atoms with Crippen molar-refractivity contribution in [2.75, 3.05) is 30.4 Å². The third-order valence-corrected chi connectivity index (χ3v) is 3.53. The van der Waals surface area contributed by atoms with Crippen molar-refractivity contribution in [1.82, 2.24) is 9.97 Å². The summed E-state index contributed by atoms with van der Waals surface area (Å²) >= 11 is 0. The Bertz CT molecular complexity index is 433. The first-order chi connectivity index (χ1) is 8.70. The van der Waals surface area contributed by atoms with E-state index >= 15 is 0 Å². The third kappa shape index (κ3) is 2.89. The van der Waals surface area contributed by atoms with Crippen LogP contribution in [0.15, 0.2) is 12.4 Å². The Labute approximate surface area is 108 Å². The molecule has 1 aromatic rings. The van der Waals surface area contributed by atoms with Crippen LogP contribution in [-0.2, 0) is 0 Å². The predicted octanol–water partition coefficient (Wildman–Crippen LogP) is 2.02. The topological polar surface area (TPSA) is 56.1 Å². The molecule has 0 bridgehead atoms. The van der Waals surface area contributed by atoms with Crippen LogP contribution in [0.3, 0.4) is 0 Å². The highest BCUT2D eigenvalue weighted by Gasteiger charge is 2.17. The van der Waals surface area contributed by atoms with E-state index in [4.69, 9.17) is 5.26 Å². The maximum absolute atomic E-state index is 8.85. The van der Waals surface area contributed by atoms with Gasteiger partial charge in [-0.1, -0.05) is 12.8 Å². The summed E-state index contributed by atoms with van der Waals surface area (Å²) in [7, 11) is 3.75. The molecule has 0 saturated heterocycles. The lowest BCUT2D eigenvalue weighted by atomic mass is 10.1. The Balaban J connectivity index is 2.05. The predicted molar refractivity (Wildman–Crippen MR) is 71.3 cm³/mol. The Kier molecular flexibility index (Phi) is 3.98. The van der Waals surface area contributed by atoms with Crippen LogP contribution in [-0.4, -0.2) is 30.6 Å². The highest BCUT2D eigenvalue weighted by Crippen LogP contribution is 2.26. The van der Waals surface area contributed by atoms with Gasteiger partial charge >= 0.3 is 0 Å². The van der Waals surface area contributed by atoms with Gasteiger partial charge in [-0.25, -0.2) is 9.97 Å². The van der Waals surface area contributed by atoms with Crippen LogP contribution in [0.4, 0.5) is 11.6 Å². The van der Waals surface area contributed by atoms with E-state index in [2.05, 4.69) is 21.9 Å². The minimum Gasteiger partial charge on any atom is -0.359 e. The van der Waals surface area contributed by atoms with Gasteiger partial charge in [0, 0.05) is 26.7 Å². The van der Waals surface area contributed by atoms with E-state index in [0.717, 1.165) is 18.3 Å². The Morgan fingerprint density at radius 1 is 1.28 bits per heavy atom. The van der Waals surface area contributed by atoms with Crippen molar-refractivity contribution in [3.8, 4) is 6.19 Å². The quantitative estimate of drug-likeness (QED) is 0.600. The fourth-order valence-corrected chi connectivity index (χ4v) is 2.45. The lowest BCUT2D eigenvalue weighted by molar-refractivity contribution is 0.545. The minimum absolute atomic E-state index is 0.640. The molecule has 0 N–H and O–H groups in total. The van der Waals surface area contributed by atoms with Crippen molar-refractivity contribution in [3.05, 3.63) is 12.4 Å². The van der Waals surface area contributed by atoms with Gasteiger partial charge in [-0.2, -0.15) is 5.26 Å². The van der Waals surface area contributed by atoms with E-state index in [1.165, 1.54) is 36.9 Å². The lowest BCUT2D eigenvalue weighted by Crippen LogP contribution is -2.25. The summed E-state index contributed by atoms with van der Waals surface area (Å²) in [6.07, 6.45) is 8.91. The fraction of sp³-hybridized carbons (Fsp3) is 0.615. The van der Waals surface area contributed by atoms with E-state index in [1.807, 2.05) is 12.3 Å². The molecule has 1 saturated carbocycles. The van der Waals surface area contributed by atoms with Crippen LogP contribution in [0.2, 0.25) is 0 Å². The maximum Gasteiger partial charge on any atom is 0.185 e. The van der Waals surface area contributed by atoms with Crippen molar-refractivity contribution < 1.29 is 0 Å². The average Bonchev–Trinajstić information content (AvgIpc) is 2.90. The van der Waals surface area contributed by atoms with Crippen LogP contribution in [0.5, 0.6) is 0 Å². The van der Waals surface area contributed by atoms with Gasteiger partial charge in [-0.3, -0.25) is 4.90 Å². The number of rotatable bonds is 4. The van der Waals surface area contributed by atoms with Crippen molar-refractivity contribution in [1.29, 1.82) is 5.26 Å². The summed E-state index contributed by atoms with van der Waals surface area (Å²) in [5, 5.41) is 8.85. The van der Waals surface area contributed by atoms with Gasteiger partial charge in [0.15, 0.2) is 6.19 Å². The Hall–Kier alpha value is -1.83. The molecule has 2 rings (SSSR count). The SMILES string of the molecule is CN(C#N)c1cc(N(C)CC2CCCC2)ncn1. The smallest absolute Gasteiger partial charge is 0.185 e. The monoisotopic (exact) mass is 245 g/mol. The molecule has 18 heavy (non-hydrogen) atoms. The minimum atomic E-state index is 0.640. The van der Waals surface area contributed by atoms with Crippen molar-refractivity contribution in [2.45, 2.75) is 25.7 Å². The number of nitrogens with zero attached hydrogens (tertiary/aromatic N) is 5. The standard InChI is InChI=1S/C13H19N5/c1-17(8-11-5-3-4-6-11)12-7-13(16-10-15-12)18(2)9-14/h7,10-11H,3-6,8H2,1-2H3. The van der Waals surface area contributed by atoms with Gasteiger partial charge < -0.3 is 4.90 Å². The van der Waals surface area contributed by atoms with Crippen molar-refractivity contribution in [3.63, 3.8) is 0 Å². The van der Waals surface area contributed by atoms with Crippen LogP contribution < -0.4 is 9.80 Å². The van der Waals surface area contributed by atoms with Crippen LogP contribution in [0.1, 0.15) is 25.7 Å².